The van der Waals surface area contributed by atoms with E-state index >= 15 is 0 Å². The van der Waals surface area contributed by atoms with Crippen LogP contribution in [0.1, 0.15) is 64.9 Å². The number of benzene rings is 2. The van der Waals surface area contributed by atoms with E-state index in [2.05, 4.69) is 12.2 Å². The Labute approximate surface area is 200 Å². The zero-order chi connectivity index (χ0) is 24.3. The first-order valence-corrected chi connectivity index (χ1v) is 11.8. The maximum atomic E-state index is 13.6. The van der Waals surface area contributed by atoms with Crippen LogP contribution in [-0.4, -0.2) is 32.6 Å². The van der Waals surface area contributed by atoms with Crippen LogP contribution in [-0.2, 0) is 0 Å². The molecule has 0 fully saturated rings. The highest BCUT2D eigenvalue weighted by molar-refractivity contribution is 6.31. The second-order valence-electron chi connectivity index (χ2n) is 9.51. The number of aryl methyl sites for hydroxylation is 1. The van der Waals surface area contributed by atoms with Crippen molar-refractivity contribution >= 4 is 28.5 Å². The fraction of sp³-hybridized carbons (Fsp3) is 0.423. The SMILES string of the molecule is CCCCN(C(=O)NC(C)(C)C)C(C)c1nc2cc(Cl)ccc2c(=O)n1-c1ccc(C)cc1. The first-order chi connectivity index (χ1) is 15.5. The van der Waals surface area contributed by atoms with Crippen LogP contribution in [0.4, 0.5) is 4.79 Å². The Hall–Kier alpha value is -2.86. The molecule has 0 radical (unpaired) electrons. The third-order valence-corrected chi connectivity index (χ3v) is 5.72. The Morgan fingerprint density at radius 1 is 1.18 bits per heavy atom. The number of unbranched alkanes of at least 4 members (excludes halogenated alkanes) is 1. The van der Waals surface area contributed by atoms with Crippen LogP contribution in [0, 0.1) is 6.92 Å². The molecule has 1 unspecified atom stereocenters. The molecule has 1 N–H and O–H groups in total. The monoisotopic (exact) mass is 468 g/mol. The maximum absolute atomic E-state index is 13.6. The van der Waals surface area contributed by atoms with Gasteiger partial charge in [0.25, 0.3) is 5.56 Å². The van der Waals surface area contributed by atoms with Crippen molar-refractivity contribution in [3.05, 3.63) is 69.2 Å². The Kier molecular flexibility index (Phi) is 7.48. The van der Waals surface area contributed by atoms with Gasteiger partial charge in [-0.2, -0.15) is 0 Å². The van der Waals surface area contributed by atoms with Gasteiger partial charge in [0.2, 0.25) is 0 Å². The van der Waals surface area contributed by atoms with Crippen molar-refractivity contribution in [2.75, 3.05) is 6.54 Å². The van der Waals surface area contributed by atoms with E-state index in [0.717, 1.165) is 18.4 Å². The molecule has 0 saturated carbocycles. The lowest BCUT2D eigenvalue weighted by molar-refractivity contribution is 0.166. The van der Waals surface area contributed by atoms with Crippen LogP contribution in [0.2, 0.25) is 5.02 Å². The zero-order valence-electron chi connectivity index (χ0n) is 20.3. The lowest BCUT2D eigenvalue weighted by Gasteiger charge is -2.33. The smallest absolute Gasteiger partial charge is 0.318 e. The average Bonchev–Trinajstić information content (AvgIpc) is 2.73. The van der Waals surface area contributed by atoms with Gasteiger partial charge in [0.1, 0.15) is 5.82 Å². The molecule has 0 bridgehead atoms. The van der Waals surface area contributed by atoms with E-state index in [-0.39, 0.29) is 17.1 Å². The van der Waals surface area contributed by atoms with E-state index in [0.29, 0.717) is 34.0 Å². The number of carbonyl (C=O) groups excluding carboxylic acids is 1. The minimum absolute atomic E-state index is 0.181. The quantitative estimate of drug-likeness (QED) is 0.481. The zero-order valence-corrected chi connectivity index (χ0v) is 21.0. The minimum atomic E-state index is -0.448. The fourth-order valence-corrected chi connectivity index (χ4v) is 3.90. The lowest BCUT2D eigenvalue weighted by atomic mass is 10.1. The van der Waals surface area contributed by atoms with E-state index in [4.69, 9.17) is 16.6 Å². The van der Waals surface area contributed by atoms with Gasteiger partial charge in [0, 0.05) is 17.1 Å². The molecular formula is C26H33ClN4O2. The standard InChI is InChI=1S/C26H33ClN4O2/c1-7-8-15-30(25(33)29-26(4,5)6)18(3)23-28-22-16-19(27)11-14-21(22)24(32)31(23)20-12-9-17(2)10-13-20/h9-14,16,18H,7-8,15H2,1-6H3,(H,29,33). The van der Waals surface area contributed by atoms with Crippen LogP contribution in [0.5, 0.6) is 0 Å². The fourth-order valence-electron chi connectivity index (χ4n) is 3.73. The number of amides is 2. The number of urea groups is 1. The van der Waals surface area contributed by atoms with Gasteiger partial charge in [-0.15, -0.1) is 0 Å². The summed E-state index contributed by atoms with van der Waals surface area (Å²) >= 11 is 6.21. The van der Waals surface area contributed by atoms with Crippen molar-refractivity contribution in [1.82, 2.24) is 19.8 Å². The predicted octanol–water partition coefficient (Wildman–Crippen LogP) is 6.02. The third-order valence-electron chi connectivity index (χ3n) is 5.49. The third kappa shape index (κ3) is 5.74. The Morgan fingerprint density at radius 3 is 2.45 bits per heavy atom. The first-order valence-electron chi connectivity index (χ1n) is 11.4. The van der Waals surface area contributed by atoms with E-state index in [1.165, 1.54) is 0 Å². The van der Waals surface area contributed by atoms with Gasteiger partial charge in [-0.1, -0.05) is 42.6 Å². The summed E-state index contributed by atoms with van der Waals surface area (Å²) in [6.45, 7) is 12.4. The van der Waals surface area contributed by atoms with Crippen molar-refractivity contribution in [1.29, 1.82) is 0 Å². The number of hydrogen-bond donors (Lipinski definition) is 1. The second kappa shape index (κ2) is 9.96. The van der Waals surface area contributed by atoms with Crippen molar-refractivity contribution in [3.63, 3.8) is 0 Å². The summed E-state index contributed by atoms with van der Waals surface area (Å²) in [5.41, 5.74) is 1.75. The Bertz CT molecular complexity index is 1200. The van der Waals surface area contributed by atoms with Gasteiger partial charge in [0.15, 0.2) is 0 Å². The molecule has 7 heteroatoms. The van der Waals surface area contributed by atoms with Gasteiger partial charge in [-0.3, -0.25) is 9.36 Å². The van der Waals surface area contributed by atoms with E-state index in [9.17, 15) is 9.59 Å². The number of hydrogen-bond acceptors (Lipinski definition) is 3. The van der Waals surface area contributed by atoms with Gasteiger partial charge >= 0.3 is 6.03 Å². The number of halogens is 1. The summed E-state index contributed by atoms with van der Waals surface area (Å²) in [5, 5.41) is 4.05. The molecule has 0 spiro atoms. The highest BCUT2D eigenvalue weighted by atomic mass is 35.5. The van der Waals surface area contributed by atoms with Crippen LogP contribution in [0.25, 0.3) is 16.6 Å². The van der Waals surface area contributed by atoms with E-state index < -0.39 is 6.04 Å². The molecular weight excluding hydrogens is 436 g/mol. The topological polar surface area (TPSA) is 67.2 Å². The van der Waals surface area contributed by atoms with Crippen LogP contribution >= 0.6 is 11.6 Å². The molecule has 1 aromatic heterocycles. The molecule has 2 aromatic carbocycles. The summed E-state index contributed by atoms with van der Waals surface area (Å²) in [6.07, 6.45) is 1.79. The molecule has 0 aliphatic rings. The molecule has 33 heavy (non-hydrogen) atoms. The molecule has 2 amide bonds. The highest BCUT2D eigenvalue weighted by Crippen LogP contribution is 2.25. The summed E-state index contributed by atoms with van der Waals surface area (Å²) in [5.74, 6) is 0.499. The summed E-state index contributed by atoms with van der Waals surface area (Å²) in [7, 11) is 0. The van der Waals surface area contributed by atoms with Crippen molar-refractivity contribution in [2.45, 2.75) is 66.0 Å². The van der Waals surface area contributed by atoms with Crippen molar-refractivity contribution in [2.24, 2.45) is 0 Å². The lowest BCUT2D eigenvalue weighted by Crippen LogP contribution is -2.50. The number of carbonyl (C=O) groups is 1. The van der Waals surface area contributed by atoms with Gasteiger partial charge in [-0.25, -0.2) is 9.78 Å². The second-order valence-corrected chi connectivity index (χ2v) is 9.95. The van der Waals surface area contributed by atoms with Crippen LogP contribution in [0.3, 0.4) is 0 Å². The van der Waals surface area contributed by atoms with Crippen LogP contribution < -0.4 is 10.9 Å². The molecule has 0 aliphatic heterocycles. The summed E-state index contributed by atoms with van der Waals surface area (Å²) < 4.78 is 1.61. The number of fused-ring (bicyclic) bond motifs is 1. The van der Waals surface area contributed by atoms with Crippen molar-refractivity contribution < 1.29 is 4.79 Å². The predicted molar refractivity (Wildman–Crippen MR) is 135 cm³/mol. The number of aromatic nitrogens is 2. The molecule has 0 aliphatic carbocycles. The minimum Gasteiger partial charge on any atom is -0.333 e. The van der Waals surface area contributed by atoms with Gasteiger partial charge in [-0.05, 0) is 71.4 Å². The highest BCUT2D eigenvalue weighted by Gasteiger charge is 2.28. The van der Waals surface area contributed by atoms with Gasteiger partial charge < -0.3 is 10.2 Å². The molecule has 3 rings (SSSR count). The van der Waals surface area contributed by atoms with Crippen molar-refractivity contribution in [3.8, 4) is 5.69 Å². The summed E-state index contributed by atoms with van der Waals surface area (Å²) in [4.78, 5) is 33.5. The summed E-state index contributed by atoms with van der Waals surface area (Å²) in [6, 6.07) is 12.2. The number of nitrogens with one attached hydrogen (secondary N) is 1. The maximum Gasteiger partial charge on any atom is 0.318 e. The molecule has 6 nitrogen and oxygen atoms in total. The average molecular weight is 469 g/mol. The first kappa shape index (κ1) is 24.8. The Balaban J connectivity index is 2.22. The molecule has 1 heterocycles. The molecule has 176 valence electrons. The van der Waals surface area contributed by atoms with E-state index in [1.54, 1.807) is 27.7 Å². The number of nitrogens with zero attached hydrogens (tertiary/aromatic N) is 3. The molecule has 0 saturated heterocycles. The van der Waals surface area contributed by atoms with E-state index in [1.807, 2.05) is 58.9 Å². The largest absolute Gasteiger partial charge is 0.333 e. The van der Waals surface area contributed by atoms with Gasteiger partial charge in [0.05, 0.1) is 22.6 Å². The number of rotatable bonds is 6. The van der Waals surface area contributed by atoms with Crippen LogP contribution in [0.15, 0.2) is 47.3 Å². The molecule has 1 atom stereocenters. The Morgan fingerprint density at radius 2 is 1.85 bits per heavy atom. The molecule has 3 aromatic rings. The normalized spacial score (nSPS) is 12.6.